The Bertz CT molecular complexity index is 1030. The third-order valence-corrected chi connectivity index (χ3v) is 5.56. The van der Waals surface area contributed by atoms with Crippen molar-refractivity contribution in [3.05, 3.63) is 63.7 Å². The van der Waals surface area contributed by atoms with E-state index in [4.69, 9.17) is 17.3 Å². The lowest BCUT2D eigenvalue weighted by Gasteiger charge is -2.33. The molecule has 3 rings (SSSR count). The fourth-order valence-electron chi connectivity index (χ4n) is 3.56. The summed E-state index contributed by atoms with van der Waals surface area (Å²) in [5, 5.41) is 25.6. The maximum atomic E-state index is 13.0. The first-order valence-electron chi connectivity index (χ1n) is 10.2. The Labute approximate surface area is 190 Å². The van der Waals surface area contributed by atoms with Gasteiger partial charge in [0, 0.05) is 30.9 Å². The van der Waals surface area contributed by atoms with E-state index in [0.717, 1.165) is 25.9 Å². The molecule has 0 aliphatic carbocycles. The first kappa shape index (κ1) is 23.1. The van der Waals surface area contributed by atoms with E-state index in [9.17, 15) is 19.7 Å². The molecule has 1 saturated heterocycles. The number of aliphatic carboxylic acids is 1. The summed E-state index contributed by atoms with van der Waals surface area (Å²) in [6, 6.07) is 10.9. The molecule has 1 heterocycles. The lowest BCUT2D eigenvalue weighted by atomic mass is 9.98. The summed E-state index contributed by atoms with van der Waals surface area (Å²) in [4.78, 5) is 36.5. The molecule has 3 N–H and O–H groups in total. The van der Waals surface area contributed by atoms with Crippen LogP contribution >= 0.6 is 12.2 Å². The van der Waals surface area contributed by atoms with Gasteiger partial charge in [-0.15, -0.1) is 0 Å². The molecule has 0 aromatic heterocycles. The van der Waals surface area contributed by atoms with Crippen molar-refractivity contribution in [3.8, 4) is 0 Å². The lowest BCUT2D eigenvalue weighted by Crippen LogP contribution is -2.37. The second-order valence-corrected chi connectivity index (χ2v) is 8.21. The molecule has 2 aromatic rings. The van der Waals surface area contributed by atoms with Crippen LogP contribution in [-0.2, 0) is 11.2 Å². The van der Waals surface area contributed by atoms with E-state index in [-0.39, 0.29) is 22.8 Å². The highest BCUT2D eigenvalue weighted by Gasteiger charge is 2.24. The van der Waals surface area contributed by atoms with Gasteiger partial charge in [-0.3, -0.25) is 25.0 Å². The van der Waals surface area contributed by atoms with E-state index >= 15 is 0 Å². The average molecular weight is 457 g/mol. The molecule has 9 nitrogen and oxygen atoms in total. The summed E-state index contributed by atoms with van der Waals surface area (Å²) in [7, 11) is 0. The topological polar surface area (TPSA) is 125 Å². The van der Waals surface area contributed by atoms with Gasteiger partial charge in [0.25, 0.3) is 11.6 Å². The zero-order valence-corrected chi connectivity index (χ0v) is 18.4. The van der Waals surface area contributed by atoms with Gasteiger partial charge in [-0.25, -0.2) is 0 Å². The van der Waals surface area contributed by atoms with Crippen molar-refractivity contribution in [2.75, 3.05) is 23.3 Å². The standard InChI is InChI=1S/C22H24N4O5S/c1-14-8-10-25(11-9-14)19-7-6-17(26(30)31)13-18(19)21(29)24-22(32)23-16-4-2-15(3-5-16)12-20(27)28/h2-7,13-14H,8-12H2,1H3,(H,27,28)(H2,23,24,29,32). The van der Waals surface area contributed by atoms with Crippen molar-refractivity contribution in [1.29, 1.82) is 0 Å². The van der Waals surface area contributed by atoms with Crippen molar-refractivity contribution in [1.82, 2.24) is 5.32 Å². The van der Waals surface area contributed by atoms with Gasteiger partial charge >= 0.3 is 5.97 Å². The fraction of sp³-hybridized carbons (Fsp3) is 0.318. The maximum absolute atomic E-state index is 13.0. The Morgan fingerprint density at radius 1 is 1.19 bits per heavy atom. The monoisotopic (exact) mass is 456 g/mol. The predicted octanol–water partition coefficient (Wildman–Crippen LogP) is 3.59. The highest BCUT2D eigenvalue weighted by atomic mass is 32.1. The van der Waals surface area contributed by atoms with Gasteiger partial charge in [0.05, 0.1) is 22.6 Å². The molecule has 0 saturated carbocycles. The van der Waals surface area contributed by atoms with Crippen LogP contribution in [0.3, 0.4) is 0 Å². The lowest BCUT2D eigenvalue weighted by molar-refractivity contribution is -0.384. The number of non-ortho nitro benzene ring substituents is 1. The van der Waals surface area contributed by atoms with Gasteiger partial charge in [-0.05, 0) is 54.7 Å². The fourth-order valence-corrected chi connectivity index (χ4v) is 3.77. The number of piperidine rings is 1. The van der Waals surface area contributed by atoms with Crippen LogP contribution in [0.2, 0.25) is 0 Å². The number of carboxylic acids is 1. The van der Waals surface area contributed by atoms with Crippen LogP contribution in [0.1, 0.15) is 35.7 Å². The maximum Gasteiger partial charge on any atom is 0.307 e. The molecule has 168 valence electrons. The molecular weight excluding hydrogens is 432 g/mol. The minimum atomic E-state index is -0.926. The molecule has 0 atom stereocenters. The van der Waals surface area contributed by atoms with Gasteiger partial charge in [0.1, 0.15) is 0 Å². The normalized spacial score (nSPS) is 14.0. The molecule has 1 fully saturated rings. The second-order valence-electron chi connectivity index (χ2n) is 7.80. The summed E-state index contributed by atoms with van der Waals surface area (Å²) in [5.74, 6) is -0.869. The van der Waals surface area contributed by atoms with Crippen LogP contribution < -0.4 is 15.5 Å². The largest absolute Gasteiger partial charge is 0.481 e. The number of hydrogen-bond donors (Lipinski definition) is 3. The molecule has 0 spiro atoms. The van der Waals surface area contributed by atoms with Crippen molar-refractivity contribution in [3.63, 3.8) is 0 Å². The molecule has 0 bridgehead atoms. The van der Waals surface area contributed by atoms with Gasteiger partial charge in [0.2, 0.25) is 0 Å². The molecule has 1 aliphatic heterocycles. The third kappa shape index (κ3) is 6.01. The van der Waals surface area contributed by atoms with Gasteiger partial charge in [-0.1, -0.05) is 19.1 Å². The highest BCUT2D eigenvalue weighted by Crippen LogP contribution is 2.29. The van der Waals surface area contributed by atoms with Crippen LogP contribution in [0.15, 0.2) is 42.5 Å². The Balaban J connectivity index is 1.73. The van der Waals surface area contributed by atoms with Gasteiger partial charge < -0.3 is 15.3 Å². The third-order valence-electron chi connectivity index (χ3n) is 5.35. The summed E-state index contributed by atoms with van der Waals surface area (Å²) < 4.78 is 0. The Kier molecular flexibility index (Phi) is 7.37. The van der Waals surface area contributed by atoms with E-state index in [2.05, 4.69) is 22.5 Å². The number of hydrogen-bond acceptors (Lipinski definition) is 6. The number of amides is 1. The van der Waals surface area contributed by atoms with E-state index in [0.29, 0.717) is 22.9 Å². The van der Waals surface area contributed by atoms with E-state index in [1.54, 1.807) is 30.3 Å². The molecule has 1 aliphatic rings. The van der Waals surface area contributed by atoms with E-state index in [1.807, 2.05) is 0 Å². The van der Waals surface area contributed by atoms with Gasteiger partial charge in [0.15, 0.2) is 5.11 Å². The van der Waals surface area contributed by atoms with Crippen LogP contribution in [-0.4, -0.2) is 40.1 Å². The summed E-state index contributed by atoms with van der Waals surface area (Å²) >= 11 is 5.23. The predicted molar refractivity (Wildman–Crippen MR) is 125 cm³/mol. The molecular formula is C22H24N4O5S. The number of anilines is 2. The number of nitro groups is 1. The summed E-state index contributed by atoms with van der Waals surface area (Å²) in [6.45, 7) is 3.72. The summed E-state index contributed by atoms with van der Waals surface area (Å²) in [5.41, 5.74) is 1.87. The van der Waals surface area contributed by atoms with Crippen LogP contribution in [0.5, 0.6) is 0 Å². The second kappa shape index (κ2) is 10.2. The van der Waals surface area contributed by atoms with Crippen molar-refractivity contribution < 1.29 is 19.6 Å². The number of benzene rings is 2. The summed E-state index contributed by atoms with van der Waals surface area (Å²) in [6.07, 6.45) is 1.87. The van der Waals surface area contributed by atoms with Crippen molar-refractivity contribution >= 4 is 46.3 Å². The first-order chi connectivity index (χ1) is 15.2. The Morgan fingerprint density at radius 2 is 1.84 bits per heavy atom. The molecule has 32 heavy (non-hydrogen) atoms. The number of rotatable bonds is 6. The van der Waals surface area contributed by atoms with E-state index < -0.39 is 16.8 Å². The number of thiocarbonyl (C=S) groups is 1. The first-order valence-corrected chi connectivity index (χ1v) is 10.6. The zero-order chi connectivity index (χ0) is 23.3. The molecule has 2 aromatic carbocycles. The number of carbonyl (C=O) groups is 2. The van der Waals surface area contributed by atoms with Crippen molar-refractivity contribution in [2.45, 2.75) is 26.2 Å². The number of nitrogens with zero attached hydrogens (tertiary/aromatic N) is 2. The molecule has 10 heteroatoms. The minimum Gasteiger partial charge on any atom is -0.481 e. The Morgan fingerprint density at radius 3 is 2.44 bits per heavy atom. The quantitative estimate of drug-likeness (QED) is 0.342. The number of carbonyl (C=O) groups excluding carboxylic acids is 1. The zero-order valence-electron chi connectivity index (χ0n) is 17.5. The number of nitro benzene ring substituents is 1. The average Bonchev–Trinajstić information content (AvgIpc) is 2.75. The van der Waals surface area contributed by atoms with E-state index in [1.165, 1.54) is 12.1 Å². The number of carboxylic acid groups (broad SMARTS) is 1. The molecule has 0 radical (unpaired) electrons. The highest BCUT2D eigenvalue weighted by molar-refractivity contribution is 7.80. The smallest absolute Gasteiger partial charge is 0.307 e. The van der Waals surface area contributed by atoms with Crippen LogP contribution in [0.4, 0.5) is 17.1 Å². The van der Waals surface area contributed by atoms with Crippen LogP contribution in [0, 0.1) is 16.0 Å². The van der Waals surface area contributed by atoms with Gasteiger partial charge in [-0.2, -0.15) is 0 Å². The number of nitrogens with one attached hydrogen (secondary N) is 2. The minimum absolute atomic E-state index is 0.0331. The molecule has 1 amide bonds. The van der Waals surface area contributed by atoms with Crippen molar-refractivity contribution in [2.24, 2.45) is 5.92 Å². The van der Waals surface area contributed by atoms with Crippen LogP contribution in [0.25, 0.3) is 0 Å². The Hall–Kier alpha value is -3.53. The SMILES string of the molecule is CC1CCN(c2ccc([N+](=O)[O-])cc2C(=O)NC(=S)Nc2ccc(CC(=O)O)cc2)CC1. The molecule has 0 unspecified atom stereocenters.